The number of hydrazine groups is 1. The molecule has 76 valence electrons. The van der Waals surface area contributed by atoms with Crippen LogP contribution in [-0.2, 0) is 6.42 Å². The molecular weight excluding hydrogens is 172 g/mol. The van der Waals surface area contributed by atoms with Gasteiger partial charge in [-0.1, -0.05) is 30.3 Å². The number of rotatable bonds is 3. The molecule has 1 aliphatic rings. The van der Waals surface area contributed by atoms with Crippen molar-refractivity contribution in [2.45, 2.75) is 19.3 Å². The number of nitrogens with zero attached hydrogens (tertiary/aromatic N) is 1. The third-order valence-electron chi connectivity index (χ3n) is 3.00. The van der Waals surface area contributed by atoms with Crippen LogP contribution < -0.4 is 5.84 Å². The standard InChI is InChI=1S/C12H18N2/c13-14-9-8-12(10-14)7-6-11-4-2-1-3-5-11/h1-5,12H,6-10,13H2. The topological polar surface area (TPSA) is 29.3 Å². The smallest absolute Gasteiger partial charge is 0.0157 e. The Morgan fingerprint density at radius 1 is 1.29 bits per heavy atom. The minimum Gasteiger partial charge on any atom is -0.269 e. The first-order valence-electron chi connectivity index (χ1n) is 5.38. The summed E-state index contributed by atoms with van der Waals surface area (Å²) in [5.74, 6) is 6.53. The summed E-state index contributed by atoms with van der Waals surface area (Å²) in [6, 6.07) is 10.7. The van der Waals surface area contributed by atoms with Crippen molar-refractivity contribution in [2.24, 2.45) is 11.8 Å². The quantitative estimate of drug-likeness (QED) is 0.737. The highest BCUT2D eigenvalue weighted by atomic mass is 15.4. The fourth-order valence-electron chi connectivity index (χ4n) is 2.11. The van der Waals surface area contributed by atoms with Gasteiger partial charge in [0.05, 0.1) is 0 Å². The van der Waals surface area contributed by atoms with Gasteiger partial charge in [0.2, 0.25) is 0 Å². The number of hydrogen-bond donors (Lipinski definition) is 1. The molecule has 0 saturated carbocycles. The van der Waals surface area contributed by atoms with Crippen molar-refractivity contribution in [3.8, 4) is 0 Å². The Labute approximate surface area is 85.7 Å². The lowest BCUT2D eigenvalue weighted by Crippen LogP contribution is -2.27. The van der Waals surface area contributed by atoms with Crippen LogP contribution in [0.2, 0.25) is 0 Å². The third kappa shape index (κ3) is 2.56. The van der Waals surface area contributed by atoms with Gasteiger partial charge in [0.25, 0.3) is 0 Å². The molecule has 0 spiro atoms. The highest BCUT2D eigenvalue weighted by Crippen LogP contribution is 2.19. The molecule has 2 rings (SSSR count). The van der Waals surface area contributed by atoms with E-state index in [9.17, 15) is 0 Å². The molecule has 0 aliphatic carbocycles. The fourth-order valence-corrected chi connectivity index (χ4v) is 2.11. The molecule has 0 aromatic heterocycles. The molecule has 0 radical (unpaired) electrons. The van der Waals surface area contributed by atoms with Gasteiger partial charge in [0.15, 0.2) is 0 Å². The summed E-state index contributed by atoms with van der Waals surface area (Å²) in [6.45, 7) is 2.15. The fraction of sp³-hybridized carbons (Fsp3) is 0.500. The zero-order chi connectivity index (χ0) is 9.80. The highest BCUT2D eigenvalue weighted by molar-refractivity contribution is 5.14. The Morgan fingerprint density at radius 2 is 2.07 bits per heavy atom. The average molecular weight is 190 g/mol. The van der Waals surface area contributed by atoms with Gasteiger partial charge in [-0.3, -0.25) is 5.84 Å². The number of hydrogen-bond acceptors (Lipinski definition) is 2. The van der Waals surface area contributed by atoms with E-state index in [0.29, 0.717) is 0 Å². The monoisotopic (exact) mass is 190 g/mol. The van der Waals surface area contributed by atoms with Crippen LogP contribution >= 0.6 is 0 Å². The zero-order valence-electron chi connectivity index (χ0n) is 8.52. The Bertz CT molecular complexity index is 271. The minimum atomic E-state index is 0.806. The predicted octanol–water partition coefficient (Wildman–Crippen LogP) is 1.81. The molecule has 1 atom stereocenters. The highest BCUT2D eigenvalue weighted by Gasteiger charge is 2.19. The maximum absolute atomic E-state index is 5.73. The molecule has 1 unspecified atom stereocenters. The average Bonchev–Trinajstić information content (AvgIpc) is 2.63. The second kappa shape index (κ2) is 4.58. The summed E-state index contributed by atoms with van der Waals surface area (Å²) in [5, 5.41) is 1.94. The van der Waals surface area contributed by atoms with E-state index in [4.69, 9.17) is 5.84 Å². The maximum Gasteiger partial charge on any atom is 0.0157 e. The Morgan fingerprint density at radius 3 is 2.71 bits per heavy atom. The molecule has 2 heteroatoms. The molecular formula is C12H18N2. The molecule has 0 bridgehead atoms. The number of aryl methyl sites for hydroxylation is 1. The summed E-state index contributed by atoms with van der Waals surface area (Å²) in [7, 11) is 0. The largest absolute Gasteiger partial charge is 0.269 e. The van der Waals surface area contributed by atoms with Crippen molar-refractivity contribution in [1.82, 2.24) is 5.01 Å². The van der Waals surface area contributed by atoms with E-state index < -0.39 is 0 Å². The van der Waals surface area contributed by atoms with Crippen molar-refractivity contribution >= 4 is 0 Å². The maximum atomic E-state index is 5.73. The molecule has 1 saturated heterocycles. The second-order valence-corrected chi connectivity index (χ2v) is 4.17. The Hall–Kier alpha value is -0.860. The van der Waals surface area contributed by atoms with E-state index in [1.165, 1.54) is 24.8 Å². The summed E-state index contributed by atoms with van der Waals surface area (Å²) < 4.78 is 0. The normalized spacial score (nSPS) is 22.8. The number of nitrogens with two attached hydrogens (primary N) is 1. The second-order valence-electron chi connectivity index (χ2n) is 4.17. The third-order valence-corrected chi connectivity index (χ3v) is 3.00. The van der Waals surface area contributed by atoms with E-state index in [1.807, 2.05) is 5.01 Å². The van der Waals surface area contributed by atoms with Gasteiger partial charge in [0, 0.05) is 13.1 Å². The van der Waals surface area contributed by atoms with Gasteiger partial charge in [-0.15, -0.1) is 0 Å². The van der Waals surface area contributed by atoms with Gasteiger partial charge in [-0.2, -0.15) is 0 Å². The van der Waals surface area contributed by atoms with Gasteiger partial charge < -0.3 is 0 Å². The molecule has 1 fully saturated rings. The van der Waals surface area contributed by atoms with Gasteiger partial charge in [-0.05, 0) is 30.7 Å². The van der Waals surface area contributed by atoms with E-state index in [1.54, 1.807) is 0 Å². The van der Waals surface area contributed by atoms with Gasteiger partial charge in [-0.25, -0.2) is 5.01 Å². The molecule has 14 heavy (non-hydrogen) atoms. The molecule has 2 nitrogen and oxygen atoms in total. The van der Waals surface area contributed by atoms with E-state index in [0.717, 1.165) is 19.0 Å². The molecule has 1 aromatic carbocycles. The molecule has 1 heterocycles. The first-order valence-corrected chi connectivity index (χ1v) is 5.38. The first kappa shape index (κ1) is 9.69. The van der Waals surface area contributed by atoms with Crippen molar-refractivity contribution in [2.75, 3.05) is 13.1 Å². The van der Waals surface area contributed by atoms with Gasteiger partial charge >= 0.3 is 0 Å². The van der Waals surface area contributed by atoms with Crippen molar-refractivity contribution in [1.29, 1.82) is 0 Å². The van der Waals surface area contributed by atoms with Crippen LogP contribution in [0.3, 0.4) is 0 Å². The summed E-state index contributed by atoms with van der Waals surface area (Å²) in [5.41, 5.74) is 1.45. The molecule has 1 aliphatic heterocycles. The summed E-state index contributed by atoms with van der Waals surface area (Å²) in [6.07, 6.45) is 3.74. The Kier molecular flexibility index (Phi) is 3.17. The molecule has 2 N–H and O–H groups in total. The summed E-state index contributed by atoms with van der Waals surface area (Å²) >= 11 is 0. The van der Waals surface area contributed by atoms with Crippen LogP contribution in [0.25, 0.3) is 0 Å². The lowest BCUT2D eigenvalue weighted by molar-refractivity contribution is 0.334. The Balaban J connectivity index is 1.78. The molecule has 0 amide bonds. The lowest BCUT2D eigenvalue weighted by Gasteiger charge is -2.09. The SMILES string of the molecule is NN1CCC(CCc2ccccc2)C1. The zero-order valence-corrected chi connectivity index (χ0v) is 8.52. The van der Waals surface area contributed by atoms with Crippen LogP contribution in [0.4, 0.5) is 0 Å². The van der Waals surface area contributed by atoms with E-state index >= 15 is 0 Å². The van der Waals surface area contributed by atoms with Gasteiger partial charge in [0.1, 0.15) is 0 Å². The predicted molar refractivity (Wildman–Crippen MR) is 58.6 cm³/mol. The summed E-state index contributed by atoms with van der Waals surface area (Å²) in [4.78, 5) is 0. The number of benzene rings is 1. The first-order chi connectivity index (χ1) is 6.84. The van der Waals surface area contributed by atoms with Crippen LogP contribution in [0.5, 0.6) is 0 Å². The van der Waals surface area contributed by atoms with Crippen molar-refractivity contribution < 1.29 is 0 Å². The van der Waals surface area contributed by atoms with E-state index in [-0.39, 0.29) is 0 Å². The van der Waals surface area contributed by atoms with Crippen LogP contribution in [0.15, 0.2) is 30.3 Å². The minimum absolute atomic E-state index is 0.806. The van der Waals surface area contributed by atoms with Crippen LogP contribution in [0, 0.1) is 5.92 Å². The molecule has 1 aromatic rings. The van der Waals surface area contributed by atoms with Crippen LogP contribution in [0.1, 0.15) is 18.4 Å². The van der Waals surface area contributed by atoms with E-state index in [2.05, 4.69) is 30.3 Å². The van der Waals surface area contributed by atoms with Crippen molar-refractivity contribution in [3.63, 3.8) is 0 Å². The lowest BCUT2D eigenvalue weighted by atomic mass is 9.99. The van der Waals surface area contributed by atoms with Crippen LogP contribution in [-0.4, -0.2) is 18.1 Å². The van der Waals surface area contributed by atoms with Crippen molar-refractivity contribution in [3.05, 3.63) is 35.9 Å².